The molecular weight excluding hydrogens is 1510 g/mol. The highest BCUT2D eigenvalue weighted by molar-refractivity contribution is 14.1. The minimum absolute atomic E-state index is 0.0138. The smallest absolute Gasteiger partial charge is 0.374 e. The molecular formula is C69H51F9I3N5O4. The number of ketones is 1. The van der Waals surface area contributed by atoms with Crippen molar-refractivity contribution in [1.82, 2.24) is 10.6 Å². The predicted molar refractivity (Wildman–Crippen MR) is 350 cm³/mol. The number of benzene rings is 8. The molecule has 1 unspecified atom stereocenters. The van der Waals surface area contributed by atoms with Crippen molar-refractivity contribution in [2.75, 3.05) is 14.7 Å². The molecule has 90 heavy (non-hydrogen) atoms. The SMILES string of the molecule is O=C1C(N[C@H]2CCc3ccccc32)=C[C@@H](c2cccc(I)c2)N1c1ccc(C(F)(F)F)cc1.O=C1C(N[C@H]2CCc3ccccc32)=C[C@H](c2cccc(I)c2)N1c1ccc(C(F)(F)F)cc1.O=C1CC(c2cccc(I)c2)N(c2ccc(C(F)(F)F)cc2)C1=O. The van der Waals surface area contributed by atoms with Gasteiger partial charge < -0.3 is 10.6 Å². The zero-order valence-electron chi connectivity index (χ0n) is 47.1. The molecule has 3 amide bonds. The van der Waals surface area contributed by atoms with Crippen molar-refractivity contribution in [2.45, 2.75) is 80.8 Å². The third kappa shape index (κ3) is 14.0. The number of aryl methyl sites for hydroxylation is 2. The van der Waals surface area contributed by atoms with Gasteiger partial charge in [-0.25, -0.2) is 0 Å². The topological polar surface area (TPSA) is 102 Å². The van der Waals surface area contributed by atoms with Crippen LogP contribution in [0, 0.1) is 10.7 Å². The van der Waals surface area contributed by atoms with E-state index in [0.29, 0.717) is 22.8 Å². The maximum Gasteiger partial charge on any atom is 0.416 e. The van der Waals surface area contributed by atoms with Crippen molar-refractivity contribution in [1.29, 1.82) is 0 Å². The summed E-state index contributed by atoms with van der Waals surface area (Å²) in [5, 5.41) is 6.84. The van der Waals surface area contributed by atoms with Gasteiger partial charge in [-0.15, -0.1) is 0 Å². The van der Waals surface area contributed by atoms with Crippen LogP contribution in [0.5, 0.6) is 0 Å². The fourth-order valence-electron chi connectivity index (χ4n) is 11.9. The van der Waals surface area contributed by atoms with E-state index in [4.69, 9.17) is 0 Å². The van der Waals surface area contributed by atoms with Gasteiger partial charge in [0.25, 0.3) is 17.7 Å². The lowest BCUT2D eigenvalue weighted by molar-refractivity contribution is -0.138. The van der Waals surface area contributed by atoms with Gasteiger partial charge >= 0.3 is 18.5 Å². The van der Waals surface area contributed by atoms with Crippen LogP contribution >= 0.6 is 67.8 Å². The summed E-state index contributed by atoms with van der Waals surface area (Å²) in [6.45, 7) is 0. The normalized spacial score (nSPS) is 19.6. The van der Waals surface area contributed by atoms with Gasteiger partial charge in [0, 0.05) is 34.2 Å². The van der Waals surface area contributed by atoms with Crippen LogP contribution in [0.25, 0.3) is 0 Å². The van der Waals surface area contributed by atoms with Crippen LogP contribution in [0.4, 0.5) is 56.6 Å². The van der Waals surface area contributed by atoms with E-state index in [0.717, 1.165) is 89.5 Å². The van der Waals surface area contributed by atoms with Crippen LogP contribution in [0.2, 0.25) is 0 Å². The zero-order chi connectivity index (χ0) is 63.8. The third-order valence-electron chi connectivity index (χ3n) is 16.2. The maximum atomic E-state index is 13.5. The molecule has 0 saturated carbocycles. The Labute approximate surface area is 552 Å². The van der Waals surface area contributed by atoms with Gasteiger partial charge in [-0.3, -0.25) is 33.9 Å². The summed E-state index contributed by atoms with van der Waals surface area (Å²) < 4.78 is 119. The molecule has 8 aromatic carbocycles. The molecule has 21 heteroatoms. The summed E-state index contributed by atoms with van der Waals surface area (Å²) in [6, 6.07) is 51.8. The van der Waals surface area contributed by atoms with Crippen LogP contribution in [-0.2, 0) is 50.5 Å². The van der Waals surface area contributed by atoms with Gasteiger partial charge in [-0.05, 0) is 254 Å². The number of hydrogen-bond donors (Lipinski definition) is 2. The Morgan fingerprint density at radius 2 is 0.733 bits per heavy atom. The van der Waals surface area contributed by atoms with Crippen LogP contribution in [0.3, 0.4) is 0 Å². The molecule has 0 spiro atoms. The van der Waals surface area contributed by atoms with E-state index >= 15 is 0 Å². The predicted octanol–water partition coefficient (Wildman–Crippen LogP) is 17.5. The Balaban J connectivity index is 0.000000141. The molecule has 2 aliphatic carbocycles. The van der Waals surface area contributed by atoms with Crippen LogP contribution in [0.1, 0.15) is 105 Å². The minimum Gasteiger partial charge on any atom is -0.374 e. The van der Waals surface area contributed by atoms with E-state index < -0.39 is 65.0 Å². The van der Waals surface area contributed by atoms with E-state index in [-0.39, 0.29) is 36.0 Å². The molecule has 0 aromatic heterocycles. The van der Waals surface area contributed by atoms with Gasteiger partial charge in [0.1, 0.15) is 0 Å². The van der Waals surface area contributed by atoms with Crippen molar-refractivity contribution >= 4 is 108 Å². The number of Topliss-reactive ketones (excluding diaryl/α,β-unsaturated/α-hetero) is 1. The van der Waals surface area contributed by atoms with E-state index in [1.165, 1.54) is 63.6 Å². The summed E-state index contributed by atoms with van der Waals surface area (Å²) >= 11 is 6.55. The first-order valence-corrected chi connectivity index (χ1v) is 31.6. The van der Waals surface area contributed by atoms with E-state index in [2.05, 4.69) is 103 Å². The van der Waals surface area contributed by atoms with Crippen LogP contribution in [-0.4, -0.2) is 23.5 Å². The van der Waals surface area contributed by atoms with Crippen molar-refractivity contribution in [3.05, 3.63) is 284 Å². The Morgan fingerprint density at radius 1 is 0.389 bits per heavy atom. The van der Waals surface area contributed by atoms with E-state index in [1.807, 2.05) is 103 Å². The van der Waals surface area contributed by atoms with Gasteiger partial charge in [-0.2, -0.15) is 39.5 Å². The van der Waals surface area contributed by atoms with Crippen LogP contribution < -0.4 is 25.3 Å². The molecule has 460 valence electrons. The third-order valence-corrected chi connectivity index (χ3v) is 18.2. The van der Waals surface area contributed by atoms with Crippen molar-refractivity contribution < 1.29 is 58.7 Å². The summed E-state index contributed by atoms with van der Waals surface area (Å²) in [7, 11) is 0. The molecule has 1 saturated heterocycles. The molecule has 1 fully saturated rings. The van der Waals surface area contributed by atoms with Gasteiger partial charge in [0.15, 0.2) is 0 Å². The lowest BCUT2D eigenvalue weighted by Gasteiger charge is -2.26. The monoisotopic (exact) mass is 1570 g/mol. The number of amides is 3. The number of carbonyl (C=O) groups is 4. The highest BCUT2D eigenvalue weighted by Crippen LogP contribution is 2.43. The highest BCUT2D eigenvalue weighted by Gasteiger charge is 2.43. The maximum absolute atomic E-state index is 13.5. The second-order valence-corrected chi connectivity index (χ2v) is 25.6. The minimum atomic E-state index is -4.45. The molecule has 0 bridgehead atoms. The number of hydrogen-bond acceptors (Lipinski definition) is 6. The van der Waals surface area contributed by atoms with Crippen molar-refractivity contribution in [3.63, 3.8) is 0 Å². The van der Waals surface area contributed by atoms with Crippen molar-refractivity contribution in [3.8, 4) is 0 Å². The standard InChI is InChI=1S/2C26H20F3IN2O.C17H11F3INO2/c2*27-26(28,29)18-9-11-20(12-10-18)32-24(17-5-3-6-19(30)14-17)15-23(25(32)33)31-22-13-8-16-4-1-2-7-21(16)22;18-17(19,20)11-4-6-13(7-5-11)22-14(9-15(23)16(22)24)10-2-1-3-12(21)8-10/h2*1-7,9-12,14-15,22,24,31H,8,13H2;1-8,14H,9H2/t22-,24+;22-,24-;/m00./s1. The van der Waals surface area contributed by atoms with Crippen LogP contribution in [0.15, 0.2) is 218 Å². The lowest BCUT2D eigenvalue weighted by Crippen LogP contribution is -2.33. The number of anilines is 3. The summed E-state index contributed by atoms with van der Waals surface area (Å²) in [4.78, 5) is 55.5. The summed E-state index contributed by atoms with van der Waals surface area (Å²) in [5.74, 6) is -1.73. The fourth-order valence-corrected chi connectivity index (χ4v) is 13.6. The fraction of sp³-hybridized carbons (Fsp3) is 0.188. The Bertz CT molecular complexity index is 3910. The number of nitrogens with one attached hydrogen (secondary N) is 2. The number of nitrogens with zero attached hydrogens (tertiary/aromatic N) is 3. The number of rotatable bonds is 10. The molecule has 5 atom stereocenters. The average Bonchev–Trinajstić information content (AvgIpc) is 1.67. The number of alkyl halides is 9. The molecule has 0 radical (unpaired) electrons. The Hall–Kier alpha value is -7.52. The van der Waals surface area contributed by atoms with Crippen molar-refractivity contribution in [2.24, 2.45) is 0 Å². The quantitative estimate of drug-likeness (QED) is 0.0804. The van der Waals surface area contributed by atoms with E-state index in [1.54, 1.807) is 15.9 Å². The summed E-state index contributed by atoms with van der Waals surface area (Å²) in [5.41, 5.74) is 7.31. The number of carbonyl (C=O) groups excluding carboxylic acids is 4. The molecule has 9 nitrogen and oxygen atoms in total. The summed E-state index contributed by atoms with van der Waals surface area (Å²) in [6.07, 6.45) is -5.86. The highest BCUT2D eigenvalue weighted by atomic mass is 127. The van der Waals surface area contributed by atoms with Gasteiger partial charge in [-0.1, -0.05) is 84.9 Å². The first kappa shape index (κ1) is 64.0. The number of halogens is 12. The van der Waals surface area contributed by atoms with E-state index in [9.17, 15) is 58.7 Å². The van der Waals surface area contributed by atoms with Gasteiger partial charge in [0.05, 0.1) is 58.3 Å². The average molecular weight is 1570 g/mol. The molecule has 8 aromatic rings. The molecule has 2 N–H and O–H groups in total. The first-order valence-electron chi connectivity index (χ1n) is 28.3. The number of fused-ring (bicyclic) bond motifs is 2. The largest absolute Gasteiger partial charge is 0.416 e. The zero-order valence-corrected chi connectivity index (χ0v) is 53.5. The molecule has 5 aliphatic rings. The second-order valence-electron chi connectivity index (χ2n) is 21.9. The molecule has 3 heterocycles. The Kier molecular flexibility index (Phi) is 18.8. The second kappa shape index (κ2) is 26.4. The lowest BCUT2D eigenvalue weighted by atomic mass is 10.0. The first-order chi connectivity index (χ1) is 42.9. The molecule has 13 rings (SSSR count). The van der Waals surface area contributed by atoms with Gasteiger partial charge in [0.2, 0.25) is 5.78 Å². The molecule has 3 aliphatic heterocycles. The Morgan fingerprint density at radius 3 is 1.10 bits per heavy atom.